The van der Waals surface area contributed by atoms with E-state index in [1.54, 1.807) is 0 Å². The van der Waals surface area contributed by atoms with Gasteiger partial charge in [0.2, 0.25) is 0 Å². The maximum Gasteiger partial charge on any atom is 0.193 e. The van der Waals surface area contributed by atoms with Gasteiger partial charge in [0.1, 0.15) is 0 Å². The average molecular weight is 357 g/mol. The highest BCUT2D eigenvalue weighted by Gasteiger charge is 2.15. The van der Waals surface area contributed by atoms with E-state index in [1.165, 1.54) is 18.5 Å². The number of nitrogens with zero attached hydrogens (tertiary/aromatic N) is 3. The van der Waals surface area contributed by atoms with Gasteiger partial charge in [-0.3, -0.25) is 4.99 Å². The first-order chi connectivity index (χ1) is 10.1. The van der Waals surface area contributed by atoms with Crippen molar-refractivity contribution in [3.63, 3.8) is 0 Å². The van der Waals surface area contributed by atoms with Gasteiger partial charge in [0.05, 0.1) is 12.6 Å². The molecule has 0 aliphatic carbocycles. The number of halogens is 1. The van der Waals surface area contributed by atoms with Crippen molar-refractivity contribution in [3.05, 3.63) is 22.4 Å². The first kappa shape index (κ1) is 16.4. The standard InChI is InChI=1S/C15H25BrN4O/c1-17-15(18-9-14-6-4-5-7-21-14)20(3)11-13-8-12(16)10-19(13)2/h8,10,14H,4-7,9,11H2,1-3H3,(H,17,18). The minimum absolute atomic E-state index is 0.313. The Labute approximate surface area is 135 Å². The summed E-state index contributed by atoms with van der Waals surface area (Å²) in [7, 11) is 5.93. The molecule has 1 fully saturated rings. The van der Waals surface area contributed by atoms with Crippen LogP contribution in [0.3, 0.4) is 0 Å². The zero-order chi connectivity index (χ0) is 15.2. The van der Waals surface area contributed by atoms with Gasteiger partial charge in [-0.2, -0.15) is 0 Å². The predicted octanol–water partition coefficient (Wildman–Crippen LogP) is 2.36. The largest absolute Gasteiger partial charge is 0.376 e. The van der Waals surface area contributed by atoms with Crippen molar-refractivity contribution in [3.8, 4) is 0 Å². The van der Waals surface area contributed by atoms with Crippen LogP contribution in [0.4, 0.5) is 0 Å². The lowest BCUT2D eigenvalue weighted by atomic mass is 10.1. The van der Waals surface area contributed by atoms with Crippen LogP contribution < -0.4 is 5.32 Å². The summed E-state index contributed by atoms with van der Waals surface area (Å²) < 4.78 is 8.97. The molecule has 118 valence electrons. The second-order valence-corrected chi connectivity index (χ2v) is 6.45. The molecule has 5 nitrogen and oxygen atoms in total. The van der Waals surface area contributed by atoms with Crippen molar-refractivity contribution in [2.45, 2.75) is 31.9 Å². The van der Waals surface area contributed by atoms with E-state index in [-0.39, 0.29) is 0 Å². The van der Waals surface area contributed by atoms with Crippen molar-refractivity contribution in [1.82, 2.24) is 14.8 Å². The highest BCUT2D eigenvalue weighted by molar-refractivity contribution is 9.10. The van der Waals surface area contributed by atoms with Crippen LogP contribution in [0.5, 0.6) is 0 Å². The van der Waals surface area contributed by atoms with Crippen molar-refractivity contribution in [2.75, 3.05) is 27.2 Å². The van der Waals surface area contributed by atoms with Crippen molar-refractivity contribution in [2.24, 2.45) is 12.0 Å². The summed E-state index contributed by atoms with van der Waals surface area (Å²) in [6.45, 7) is 2.53. The molecule has 1 aromatic rings. The fraction of sp³-hybridized carbons (Fsp3) is 0.667. The topological polar surface area (TPSA) is 41.8 Å². The molecule has 1 atom stereocenters. The number of aromatic nitrogens is 1. The Kier molecular flexibility index (Phi) is 6.11. The van der Waals surface area contributed by atoms with Gasteiger partial charge in [-0.25, -0.2) is 0 Å². The molecule has 2 rings (SSSR count). The van der Waals surface area contributed by atoms with E-state index in [0.717, 1.165) is 36.5 Å². The molecule has 0 saturated carbocycles. The normalized spacial score (nSPS) is 19.6. The number of nitrogens with one attached hydrogen (secondary N) is 1. The molecule has 1 aliphatic rings. The Balaban J connectivity index is 1.86. The molecule has 21 heavy (non-hydrogen) atoms. The van der Waals surface area contributed by atoms with Crippen LogP contribution in [0, 0.1) is 0 Å². The van der Waals surface area contributed by atoms with E-state index < -0.39 is 0 Å². The lowest BCUT2D eigenvalue weighted by Crippen LogP contribution is -2.43. The zero-order valence-corrected chi connectivity index (χ0v) is 14.7. The molecular formula is C15H25BrN4O. The third-order valence-corrected chi connectivity index (χ3v) is 4.24. The van der Waals surface area contributed by atoms with Gasteiger partial charge in [-0.1, -0.05) is 0 Å². The first-order valence-corrected chi connectivity index (χ1v) is 8.23. The summed E-state index contributed by atoms with van der Waals surface area (Å²) in [5.41, 5.74) is 1.24. The number of rotatable bonds is 4. The Morgan fingerprint density at radius 1 is 1.57 bits per heavy atom. The van der Waals surface area contributed by atoms with Crippen LogP contribution in [-0.4, -0.2) is 48.8 Å². The second-order valence-electron chi connectivity index (χ2n) is 5.53. The quantitative estimate of drug-likeness (QED) is 0.665. The van der Waals surface area contributed by atoms with Gasteiger partial charge in [0.25, 0.3) is 0 Å². The Morgan fingerprint density at radius 3 is 2.95 bits per heavy atom. The number of hydrogen-bond donors (Lipinski definition) is 1. The Hall–Kier alpha value is -1.01. The van der Waals surface area contributed by atoms with E-state index in [4.69, 9.17) is 4.74 Å². The average Bonchev–Trinajstić information content (AvgIpc) is 2.78. The summed E-state index contributed by atoms with van der Waals surface area (Å²) >= 11 is 3.51. The summed E-state index contributed by atoms with van der Waals surface area (Å²) in [6, 6.07) is 2.13. The lowest BCUT2D eigenvalue weighted by molar-refractivity contribution is 0.0191. The first-order valence-electron chi connectivity index (χ1n) is 7.44. The van der Waals surface area contributed by atoms with Crippen LogP contribution >= 0.6 is 15.9 Å². The van der Waals surface area contributed by atoms with Gasteiger partial charge in [0.15, 0.2) is 5.96 Å². The molecule has 1 N–H and O–H groups in total. The molecule has 0 bridgehead atoms. The fourth-order valence-electron chi connectivity index (χ4n) is 2.60. The van der Waals surface area contributed by atoms with Crippen molar-refractivity contribution in [1.29, 1.82) is 0 Å². The van der Waals surface area contributed by atoms with E-state index in [1.807, 2.05) is 7.05 Å². The Morgan fingerprint density at radius 2 is 2.38 bits per heavy atom. The molecule has 1 saturated heterocycles. The number of ether oxygens (including phenoxy) is 1. The Bertz CT molecular complexity index is 480. The minimum Gasteiger partial charge on any atom is -0.376 e. The monoisotopic (exact) mass is 356 g/mol. The second kappa shape index (κ2) is 7.84. The highest BCUT2D eigenvalue weighted by Crippen LogP contribution is 2.15. The number of hydrogen-bond acceptors (Lipinski definition) is 2. The van der Waals surface area contributed by atoms with Crippen molar-refractivity contribution >= 4 is 21.9 Å². The fourth-order valence-corrected chi connectivity index (χ4v) is 3.17. The molecule has 6 heteroatoms. The molecule has 1 aromatic heterocycles. The number of guanidine groups is 1. The maximum absolute atomic E-state index is 5.75. The third kappa shape index (κ3) is 4.74. The summed E-state index contributed by atoms with van der Waals surface area (Å²) in [5.74, 6) is 0.904. The molecule has 0 aromatic carbocycles. The highest BCUT2D eigenvalue weighted by atomic mass is 79.9. The van der Waals surface area contributed by atoms with E-state index in [2.05, 4.69) is 62.1 Å². The van der Waals surface area contributed by atoms with Gasteiger partial charge < -0.3 is 19.5 Å². The summed E-state index contributed by atoms with van der Waals surface area (Å²) in [4.78, 5) is 6.49. The van der Waals surface area contributed by atoms with E-state index >= 15 is 0 Å². The number of aryl methyl sites for hydroxylation is 1. The third-order valence-electron chi connectivity index (χ3n) is 3.81. The van der Waals surface area contributed by atoms with Gasteiger partial charge in [-0.15, -0.1) is 0 Å². The van der Waals surface area contributed by atoms with Crippen LogP contribution in [0.15, 0.2) is 21.7 Å². The lowest BCUT2D eigenvalue weighted by Gasteiger charge is -2.27. The summed E-state index contributed by atoms with van der Waals surface area (Å²) in [5, 5.41) is 3.42. The SMILES string of the molecule is CN=C(NCC1CCCCO1)N(C)Cc1cc(Br)cn1C. The predicted molar refractivity (Wildman–Crippen MR) is 89.5 cm³/mol. The zero-order valence-electron chi connectivity index (χ0n) is 13.1. The molecule has 0 amide bonds. The van der Waals surface area contributed by atoms with Crippen LogP contribution in [0.2, 0.25) is 0 Å². The van der Waals surface area contributed by atoms with Gasteiger partial charge >= 0.3 is 0 Å². The molecule has 0 spiro atoms. The summed E-state index contributed by atoms with van der Waals surface area (Å²) in [6.07, 6.45) is 5.97. The molecule has 0 radical (unpaired) electrons. The van der Waals surface area contributed by atoms with Gasteiger partial charge in [0, 0.05) is 50.7 Å². The van der Waals surface area contributed by atoms with E-state index in [0.29, 0.717) is 6.10 Å². The molecular weight excluding hydrogens is 332 g/mol. The van der Waals surface area contributed by atoms with E-state index in [9.17, 15) is 0 Å². The number of aliphatic imine (C=N–C) groups is 1. The van der Waals surface area contributed by atoms with Crippen LogP contribution in [0.1, 0.15) is 25.0 Å². The van der Waals surface area contributed by atoms with Crippen LogP contribution in [-0.2, 0) is 18.3 Å². The molecule has 1 unspecified atom stereocenters. The minimum atomic E-state index is 0.313. The molecule has 2 heterocycles. The van der Waals surface area contributed by atoms with Gasteiger partial charge in [-0.05, 0) is 41.3 Å². The molecule has 1 aliphatic heterocycles. The maximum atomic E-state index is 5.75. The van der Waals surface area contributed by atoms with Crippen molar-refractivity contribution < 1.29 is 4.74 Å². The smallest absolute Gasteiger partial charge is 0.193 e. The van der Waals surface area contributed by atoms with Crippen LogP contribution in [0.25, 0.3) is 0 Å².